The van der Waals surface area contributed by atoms with Gasteiger partial charge in [-0.25, -0.2) is 0 Å². The van der Waals surface area contributed by atoms with Crippen LogP contribution in [0.25, 0.3) is 0 Å². The number of amides is 1. The van der Waals surface area contributed by atoms with Crippen LogP contribution in [0.15, 0.2) is 24.3 Å². The van der Waals surface area contributed by atoms with Crippen LogP contribution >= 0.6 is 0 Å². The van der Waals surface area contributed by atoms with E-state index in [2.05, 4.69) is 12.2 Å². The van der Waals surface area contributed by atoms with Crippen molar-refractivity contribution in [1.29, 1.82) is 0 Å². The molecule has 0 bridgehead atoms. The summed E-state index contributed by atoms with van der Waals surface area (Å²) in [5.41, 5.74) is 0.361. The monoisotopic (exact) mass is 247 g/mol. The zero-order valence-corrected chi connectivity index (χ0v) is 10.9. The largest absolute Gasteiger partial charge is 0.507 e. The maximum absolute atomic E-state index is 12.0. The van der Waals surface area contributed by atoms with Crippen LogP contribution in [0.3, 0.4) is 0 Å². The first kappa shape index (κ1) is 12.9. The number of phenols is 1. The molecule has 1 saturated carbocycles. The van der Waals surface area contributed by atoms with E-state index in [9.17, 15) is 9.90 Å². The second-order valence-corrected chi connectivity index (χ2v) is 5.18. The molecule has 0 aromatic heterocycles. The van der Waals surface area contributed by atoms with E-state index in [4.69, 9.17) is 0 Å². The Morgan fingerprint density at radius 2 is 1.94 bits per heavy atom. The van der Waals surface area contributed by atoms with Gasteiger partial charge in [-0.3, -0.25) is 4.79 Å². The van der Waals surface area contributed by atoms with Crippen molar-refractivity contribution in [3.8, 4) is 5.75 Å². The molecule has 1 amide bonds. The van der Waals surface area contributed by atoms with Gasteiger partial charge in [-0.1, -0.05) is 31.4 Å². The highest BCUT2D eigenvalue weighted by molar-refractivity contribution is 5.96. The minimum atomic E-state index is -0.175. The van der Waals surface area contributed by atoms with E-state index >= 15 is 0 Å². The summed E-state index contributed by atoms with van der Waals surface area (Å²) in [6, 6.07) is 6.85. The molecule has 3 heteroatoms. The molecule has 2 N–H and O–H groups in total. The molecule has 0 heterocycles. The molecule has 1 aliphatic carbocycles. The van der Waals surface area contributed by atoms with Gasteiger partial charge in [0.05, 0.1) is 5.56 Å². The van der Waals surface area contributed by atoms with Crippen molar-refractivity contribution in [3.63, 3.8) is 0 Å². The number of benzene rings is 1. The highest BCUT2D eigenvalue weighted by Gasteiger charge is 2.22. The lowest BCUT2D eigenvalue weighted by Gasteiger charge is -2.28. The fourth-order valence-electron chi connectivity index (χ4n) is 2.70. The molecule has 0 radical (unpaired) electrons. The summed E-state index contributed by atoms with van der Waals surface area (Å²) in [6.07, 6.45) is 6.24. The SMILES string of the molecule is CC(NC(=O)c1ccccc1O)C1CCCCC1. The van der Waals surface area contributed by atoms with Gasteiger partial charge in [0.2, 0.25) is 0 Å². The summed E-state index contributed by atoms with van der Waals surface area (Å²) >= 11 is 0. The van der Waals surface area contributed by atoms with E-state index in [-0.39, 0.29) is 17.7 Å². The van der Waals surface area contributed by atoms with E-state index in [0.29, 0.717) is 11.5 Å². The highest BCUT2D eigenvalue weighted by atomic mass is 16.3. The summed E-state index contributed by atoms with van der Waals surface area (Å²) in [5.74, 6) is 0.450. The van der Waals surface area contributed by atoms with Gasteiger partial charge >= 0.3 is 0 Å². The Bertz CT molecular complexity index is 411. The minimum Gasteiger partial charge on any atom is -0.507 e. The summed E-state index contributed by atoms with van der Waals surface area (Å²) in [5, 5.41) is 12.7. The van der Waals surface area contributed by atoms with Crippen LogP contribution in [0.2, 0.25) is 0 Å². The highest BCUT2D eigenvalue weighted by Crippen LogP contribution is 2.26. The van der Waals surface area contributed by atoms with Gasteiger partial charge in [0, 0.05) is 6.04 Å². The minimum absolute atomic E-state index is 0.0471. The molecule has 98 valence electrons. The first-order valence-corrected chi connectivity index (χ1v) is 6.77. The molecule has 0 saturated heterocycles. The Balaban J connectivity index is 1.96. The Morgan fingerprint density at radius 3 is 2.61 bits per heavy atom. The van der Waals surface area contributed by atoms with E-state index in [1.165, 1.54) is 32.1 Å². The Labute approximate surface area is 108 Å². The van der Waals surface area contributed by atoms with Crippen LogP contribution in [-0.2, 0) is 0 Å². The molecule has 1 fully saturated rings. The first-order valence-electron chi connectivity index (χ1n) is 6.77. The Morgan fingerprint density at radius 1 is 1.28 bits per heavy atom. The van der Waals surface area contributed by atoms with E-state index < -0.39 is 0 Å². The topological polar surface area (TPSA) is 49.3 Å². The smallest absolute Gasteiger partial charge is 0.255 e. The van der Waals surface area contributed by atoms with Gasteiger partial charge in [0.1, 0.15) is 5.75 Å². The second-order valence-electron chi connectivity index (χ2n) is 5.18. The van der Waals surface area contributed by atoms with Crippen molar-refractivity contribution in [2.75, 3.05) is 0 Å². The van der Waals surface area contributed by atoms with Gasteiger partial charge in [-0.05, 0) is 37.8 Å². The van der Waals surface area contributed by atoms with Crippen LogP contribution in [0.5, 0.6) is 5.75 Å². The molecule has 0 spiro atoms. The summed E-state index contributed by atoms with van der Waals surface area (Å²) < 4.78 is 0. The molecule has 1 aromatic rings. The number of carbonyl (C=O) groups excluding carboxylic acids is 1. The maximum atomic E-state index is 12.0. The fraction of sp³-hybridized carbons (Fsp3) is 0.533. The molecule has 1 aromatic carbocycles. The molecule has 2 rings (SSSR count). The lowest BCUT2D eigenvalue weighted by Crippen LogP contribution is -2.38. The Hall–Kier alpha value is -1.51. The van der Waals surface area contributed by atoms with Gasteiger partial charge in [-0.15, -0.1) is 0 Å². The first-order chi connectivity index (χ1) is 8.68. The van der Waals surface area contributed by atoms with Gasteiger partial charge in [0.25, 0.3) is 5.91 Å². The average molecular weight is 247 g/mol. The van der Waals surface area contributed by atoms with E-state index in [0.717, 1.165) is 0 Å². The van der Waals surface area contributed by atoms with Crippen LogP contribution in [0.4, 0.5) is 0 Å². The number of phenolic OH excluding ortho intramolecular Hbond substituents is 1. The summed E-state index contributed by atoms with van der Waals surface area (Å²) in [6.45, 7) is 2.06. The van der Waals surface area contributed by atoms with Crippen molar-refractivity contribution in [1.82, 2.24) is 5.32 Å². The van der Waals surface area contributed by atoms with Crippen molar-refractivity contribution >= 4 is 5.91 Å². The molecule has 3 nitrogen and oxygen atoms in total. The molecule has 18 heavy (non-hydrogen) atoms. The summed E-state index contributed by atoms with van der Waals surface area (Å²) in [4.78, 5) is 12.0. The third kappa shape index (κ3) is 3.03. The van der Waals surface area contributed by atoms with Crippen molar-refractivity contribution < 1.29 is 9.90 Å². The molecule has 1 unspecified atom stereocenters. The summed E-state index contributed by atoms with van der Waals surface area (Å²) in [7, 11) is 0. The molecular formula is C15H21NO2. The van der Waals surface area contributed by atoms with Crippen molar-refractivity contribution in [3.05, 3.63) is 29.8 Å². The number of para-hydroxylation sites is 1. The number of rotatable bonds is 3. The van der Waals surface area contributed by atoms with Crippen LogP contribution < -0.4 is 5.32 Å². The van der Waals surface area contributed by atoms with Gasteiger partial charge in [0.15, 0.2) is 0 Å². The van der Waals surface area contributed by atoms with Crippen molar-refractivity contribution in [2.45, 2.75) is 45.1 Å². The number of hydrogen-bond donors (Lipinski definition) is 2. The zero-order chi connectivity index (χ0) is 13.0. The zero-order valence-electron chi connectivity index (χ0n) is 10.9. The predicted molar refractivity (Wildman–Crippen MR) is 71.6 cm³/mol. The standard InChI is InChI=1S/C15H21NO2/c1-11(12-7-3-2-4-8-12)16-15(18)13-9-5-6-10-14(13)17/h5-6,9-12,17H,2-4,7-8H2,1H3,(H,16,18). The van der Waals surface area contributed by atoms with E-state index in [1.54, 1.807) is 24.3 Å². The number of aromatic hydroxyl groups is 1. The average Bonchev–Trinajstić information content (AvgIpc) is 2.40. The maximum Gasteiger partial charge on any atom is 0.255 e. The van der Waals surface area contributed by atoms with Crippen molar-refractivity contribution in [2.24, 2.45) is 5.92 Å². The second kappa shape index (κ2) is 5.89. The van der Waals surface area contributed by atoms with Crippen LogP contribution in [0, 0.1) is 5.92 Å². The Kier molecular flexibility index (Phi) is 4.24. The third-order valence-corrected chi connectivity index (χ3v) is 3.86. The lowest BCUT2D eigenvalue weighted by molar-refractivity contribution is 0.0916. The number of carbonyl (C=O) groups is 1. The van der Waals surface area contributed by atoms with Crippen LogP contribution in [0.1, 0.15) is 49.4 Å². The molecular weight excluding hydrogens is 226 g/mol. The van der Waals surface area contributed by atoms with Gasteiger partial charge < -0.3 is 10.4 Å². The molecule has 0 aliphatic heterocycles. The van der Waals surface area contributed by atoms with E-state index in [1.807, 2.05) is 0 Å². The van der Waals surface area contributed by atoms with Gasteiger partial charge in [-0.2, -0.15) is 0 Å². The third-order valence-electron chi connectivity index (χ3n) is 3.86. The predicted octanol–water partition coefficient (Wildman–Crippen LogP) is 3.09. The molecule has 1 aliphatic rings. The normalized spacial score (nSPS) is 18.3. The number of hydrogen-bond acceptors (Lipinski definition) is 2. The molecule has 1 atom stereocenters. The number of nitrogens with one attached hydrogen (secondary N) is 1. The lowest BCUT2D eigenvalue weighted by atomic mass is 9.84. The van der Waals surface area contributed by atoms with Crippen LogP contribution in [-0.4, -0.2) is 17.1 Å². The quantitative estimate of drug-likeness (QED) is 0.862. The fourth-order valence-corrected chi connectivity index (χ4v) is 2.70.